The zero-order valence-corrected chi connectivity index (χ0v) is 12.7. The minimum Gasteiger partial charge on any atom is -0.347 e. The zero-order valence-electron chi connectivity index (χ0n) is 11.9. The molecule has 1 unspecified atom stereocenters. The lowest BCUT2D eigenvalue weighted by atomic mass is 9.99. The molecule has 0 N–H and O–H groups in total. The molecule has 2 nitrogen and oxygen atoms in total. The van der Waals surface area contributed by atoms with Crippen molar-refractivity contribution in [2.45, 2.75) is 18.2 Å². The van der Waals surface area contributed by atoms with Crippen molar-refractivity contribution in [1.29, 1.82) is 0 Å². The van der Waals surface area contributed by atoms with Gasteiger partial charge in [-0.3, -0.25) is 4.99 Å². The first-order valence-electron chi connectivity index (χ1n) is 7.50. The molecule has 0 radical (unpaired) electrons. The molecule has 0 saturated heterocycles. The number of nitrogens with zero attached hydrogens (tertiary/aromatic N) is 2. The Hall–Kier alpha value is -1.74. The van der Waals surface area contributed by atoms with Crippen LogP contribution in [-0.4, -0.2) is 23.2 Å². The van der Waals surface area contributed by atoms with E-state index in [1.54, 1.807) is 0 Å². The Balaban J connectivity index is 1.83. The third kappa shape index (κ3) is 2.46. The van der Waals surface area contributed by atoms with Gasteiger partial charge in [0.25, 0.3) is 0 Å². The SMILES string of the molecule is c1ccc(C2SC3=NCCCN3Cc3ccccc32)cc1. The number of amidine groups is 1. The number of benzene rings is 2. The first kappa shape index (κ1) is 13.0. The van der Waals surface area contributed by atoms with Gasteiger partial charge in [-0.15, -0.1) is 0 Å². The van der Waals surface area contributed by atoms with Gasteiger partial charge in [0.2, 0.25) is 0 Å². The molecule has 2 aromatic rings. The molecule has 0 spiro atoms. The predicted molar refractivity (Wildman–Crippen MR) is 89.6 cm³/mol. The van der Waals surface area contributed by atoms with Crippen LogP contribution in [0.15, 0.2) is 59.6 Å². The van der Waals surface area contributed by atoms with E-state index in [-0.39, 0.29) is 0 Å². The summed E-state index contributed by atoms with van der Waals surface area (Å²) in [7, 11) is 0. The van der Waals surface area contributed by atoms with Gasteiger partial charge in [-0.1, -0.05) is 66.4 Å². The Morgan fingerprint density at radius 3 is 2.71 bits per heavy atom. The van der Waals surface area contributed by atoms with E-state index in [1.165, 1.54) is 28.3 Å². The van der Waals surface area contributed by atoms with Crippen LogP contribution in [0.5, 0.6) is 0 Å². The van der Waals surface area contributed by atoms with Crippen LogP contribution in [0.25, 0.3) is 0 Å². The largest absolute Gasteiger partial charge is 0.347 e. The van der Waals surface area contributed by atoms with Crippen LogP contribution in [0.4, 0.5) is 0 Å². The molecule has 3 heteroatoms. The van der Waals surface area contributed by atoms with Gasteiger partial charge >= 0.3 is 0 Å². The van der Waals surface area contributed by atoms with Gasteiger partial charge in [-0.25, -0.2) is 0 Å². The van der Waals surface area contributed by atoms with Crippen molar-refractivity contribution in [2.75, 3.05) is 13.1 Å². The van der Waals surface area contributed by atoms with E-state index in [4.69, 9.17) is 4.99 Å². The van der Waals surface area contributed by atoms with Gasteiger partial charge in [-0.2, -0.15) is 0 Å². The van der Waals surface area contributed by atoms with Crippen LogP contribution in [-0.2, 0) is 6.54 Å². The zero-order chi connectivity index (χ0) is 14.1. The van der Waals surface area contributed by atoms with Crippen LogP contribution in [0, 0.1) is 0 Å². The number of rotatable bonds is 1. The molecule has 0 aromatic heterocycles. The lowest BCUT2D eigenvalue weighted by molar-refractivity contribution is 0.397. The van der Waals surface area contributed by atoms with Gasteiger partial charge in [0.05, 0.1) is 5.25 Å². The monoisotopic (exact) mass is 294 g/mol. The van der Waals surface area contributed by atoms with E-state index < -0.39 is 0 Å². The highest BCUT2D eigenvalue weighted by Gasteiger charge is 2.28. The van der Waals surface area contributed by atoms with E-state index in [0.717, 1.165) is 19.6 Å². The predicted octanol–water partition coefficient (Wildman–Crippen LogP) is 4.08. The Morgan fingerprint density at radius 1 is 1.00 bits per heavy atom. The molecule has 0 bridgehead atoms. The lowest BCUT2D eigenvalue weighted by Crippen LogP contribution is -2.32. The summed E-state index contributed by atoms with van der Waals surface area (Å²) in [4.78, 5) is 7.22. The van der Waals surface area contributed by atoms with Crippen molar-refractivity contribution >= 4 is 16.9 Å². The van der Waals surface area contributed by atoms with Gasteiger partial charge < -0.3 is 4.90 Å². The van der Waals surface area contributed by atoms with Gasteiger partial charge in [0.1, 0.15) is 0 Å². The summed E-state index contributed by atoms with van der Waals surface area (Å²) in [5.41, 5.74) is 4.24. The molecule has 2 aliphatic rings. The lowest BCUT2D eigenvalue weighted by Gasteiger charge is -2.27. The molecule has 106 valence electrons. The molecule has 4 rings (SSSR count). The maximum absolute atomic E-state index is 4.78. The molecule has 2 heterocycles. The number of thioether (sulfide) groups is 1. The summed E-state index contributed by atoms with van der Waals surface area (Å²) in [5, 5.41) is 1.57. The van der Waals surface area contributed by atoms with E-state index in [2.05, 4.69) is 59.5 Å². The molecule has 0 aliphatic carbocycles. The van der Waals surface area contributed by atoms with E-state index in [0.29, 0.717) is 5.25 Å². The maximum atomic E-state index is 4.78. The molecule has 2 aromatic carbocycles. The van der Waals surface area contributed by atoms with Crippen LogP contribution in [0.2, 0.25) is 0 Å². The molecule has 1 atom stereocenters. The van der Waals surface area contributed by atoms with E-state index >= 15 is 0 Å². The topological polar surface area (TPSA) is 15.6 Å². The van der Waals surface area contributed by atoms with E-state index in [9.17, 15) is 0 Å². The fourth-order valence-corrected chi connectivity index (χ4v) is 4.41. The van der Waals surface area contributed by atoms with Crippen LogP contribution in [0.1, 0.15) is 28.4 Å². The maximum Gasteiger partial charge on any atom is 0.160 e. The van der Waals surface area contributed by atoms with Crippen molar-refractivity contribution in [3.8, 4) is 0 Å². The van der Waals surface area contributed by atoms with Crippen LogP contribution >= 0.6 is 11.8 Å². The van der Waals surface area contributed by atoms with Crippen molar-refractivity contribution < 1.29 is 0 Å². The summed E-state index contributed by atoms with van der Waals surface area (Å²) in [6.07, 6.45) is 1.17. The van der Waals surface area contributed by atoms with Gasteiger partial charge in [0, 0.05) is 19.6 Å². The smallest absolute Gasteiger partial charge is 0.160 e. The van der Waals surface area contributed by atoms with Crippen molar-refractivity contribution in [3.05, 3.63) is 71.3 Å². The van der Waals surface area contributed by atoms with Gasteiger partial charge in [0.15, 0.2) is 5.17 Å². The number of fused-ring (bicyclic) bond motifs is 2. The second-order valence-corrected chi connectivity index (χ2v) is 6.62. The molecule has 2 aliphatic heterocycles. The molecular formula is C18H18N2S. The number of hydrogen-bond donors (Lipinski definition) is 0. The highest BCUT2D eigenvalue weighted by molar-refractivity contribution is 8.14. The summed E-state index contributed by atoms with van der Waals surface area (Å²) >= 11 is 1.91. The Kier molecular flexibility index (Phi) is 3.44. The fraction of sp³-hybridized carbons (Fsp3) is 0.278. The number of aliphatic imine (C=N–C) groups is 1. The Morgan fingerprint density at radius 2 is 1.81 bits per heavy atom. The quantitative estimate of drug-likeness (QED) is 0.787. The minimum atomic E-state index is 0.351. The van der Waals surface area contributed by atoms with Crippen molar-refractivity contribution in [2.24, 2.45) is 4.99 Å². The first-order chi connectivity index (χ1) is 10.4. The third-order valence-corrected chi connectivity index (χ3v) is 5.49. The average Bonchev–Trinajstić information content (AvgIpc) is 2.72. The second-order valence-electron chi connectivity index (χ2n) is 5.55. The molecular weight excluding hydrogens is 276 g/mol. The summed E-state index contributed by atoms with van der Waals surface area (Å²) in [5.74, 6) is 0. The molecule has 0 amide bonds. The van der Waals surface area contributed by atoms with Gasteiger partial charge in [-0.05, 0) is 23.1 Å². The van der Waals surface area contributed by atoms with Crippen molar-refractivity contribution in [1.82, 2.24) is 4.90 Å². The second kappa shape index (κ2) is 5.57. The van der Waals surface area contributed by atoms with Crippen molar-refractivity contribution in [3.63, 3.8) is 0 Å². The first-order valence-corrected chi connectivity index (χ1v) is 8.38. The number of hydrogen-bond acceptors (Lipinski definition) is 3. The molecule has 0 saturated carbocycles. The highest BCUT2D eigenvalue weighted by atomic mass is 32.2. The average molecular weight is 294 g/mol. The van der Waals surface area contributed by atoms with Crippen LogP contribution < -0.4 is 0 Å². The summed E-state index contributed by atoms with van der Waals surface area (Å²) in [6, 6.07) is 19.7. The normalized spacial score (nSPS) is 21.0. The summed E-state index contributed by atoms with van der Waals surface area (Å²) in [6.45, 7) is 3.09. The Bertz CT molecular complexity index is 666. The highest BCUT2D eigenvalue weighted by Crippen LogP contribution is 2.42. The fourth-order valence-electron chi connectivity index (χ4n) is 3.07. The third-order valence-electron chi connectivity index (χ3n) is 4.13. The standard InChI is InChI=1S/C18H18N2S/c1-2-7-14(8-3-1)17-16-10-5-4-9-15(16)13-20-12-6-11-19-18(20)21-17/h1-5,7-10,17H,6,11-13H2. The summed E-state index contributed by atoms with van der Waals surface area (Å²) < 4.78 is 0. The van der Waals surface area contributed by atoms with Crippen LogP contribution in [0.3, 0.4) is 0 Å². The molecule has 0 fully saturated rings. The van der Waals surface area contributed by atoms with E-state index in [1.807, 2.05) is 11.8 Å². The molecule has 21 heavy (non-hydrogen) atoms. The Labute approximate surface area is 129 Å². The minimum absolute atomic E-state index is 0.351.